The zero-order valence-corrected chi connectivity index (χ0v) is 26.9. The van der Waals surface area contributed by atoms with E-state index < -0.39 is 48.6 Å². The molecule has 1 heterocycles. The van der Waals surface area contributed by atoms with Gasteiger partial charge in [0.1, 0.15) is 24.9 Å². The summed E-state index contributed by atoms with van der Waals surface area (Å²) in [4.78, 5) is 35.3. The molecule has 0 amide bonds. The standard InChI is InChI=1S/C25H41NO11S.Y/c1-14(27)34-13-20-25(36-16(3)29)19(35-15(2)28)11-22(37-20)33-9-7-6-8-21(38)26-18-10-17(12-31-4)23(30)24(18)32-5;/h17-20,22-25,30H,6-13H2,1-5H3,(H,26,38);. The van der Waals surface area contributed by atoms with E-state index in [-0.39, 0.29) is 63.8 Å². The Morgan fingerprint density at radius 1 is 0.974 bits per heavy atom. The van der Waals surface area contributed by atoms with E-state index in [1.165, 1.54) is 20.8 Å². The van der Waals surface area contributed by atoms with Gasteiger partial charge in [-0.3, -0.25) is 14.4 Å². The first-order chi connectivity index (χ1) is 18.0. The van der Waals surface area contributed by atoms with Gasteiger partial charge in [-0.2, -0.15) is 0 Å². The van der Waals surface area contributed by atoms with E-state index in [2.05, 4.69) is 5.32 Å². The van der Waals surface area contributed by atoms with Crippen LogP contribution in [0.5, 0.6) is 0 Å². The van der Waals surface area contributed by atoms with E-state index >= 15 is 0 Å². The van der Waals surface area contributed by atoms with Crippen LogP contribution in [0.15, 0.2) is 0 Å². The van der Waals surface area contributed by atoms with Crippen molar-refractivity contribution in [1.82, 2.24) is 5.32 Å². The molecule has 14 heteroatoms. The molecule has 0 aromatic carbocycles. The minimum atomic E-state index is -0.937. The van der Waals surface area contributed by atoms with Crippen LogP contribution in [0.1, 0.15) is 52.9 Å². The molecule has 2 N–H and O–H groups in total. The molecule has 0 spiro atoms. The van der Waals surface area contributed by atoms with Crippen LogP contribution in [-0.2, 0) is 80.3 Å². The van der Waals surface area contributed by atoms with Crippen molar-refractivity contribution in [3.8, 4) is 0 Å². The van der Waals surface area contributed by atoms with Gasteiger partial charge in [0.25, 0.3) is 0 Å². The number of unbranched alkanes of at least 4 members (excludes halogenated alkanes) is 1. The third kappa shape index (κ3) is 12.3. The Kier molecular flexibility index (Phi) is 17.3. The minimum absolute atomic E-state index is 0. The molecule has 2 rings (SSSR count). The summed E-state index contributed by atoms with van der Waals surface area (Å²) in [6.07, 6.45) is -1.45. The molecule has 1 radical (unpaired) electrons. The van der Waals surface area contributed by atoms with E-state index in [9.17, 15) is 19.5 Å². The van der Waals surface area contributed by atoms with Gasteiger partial charge in [0.05, 0.1) is 23.7 Å². The number of rotatable bonds is 14. The van der Waals surface area contributed by atoms with Crippen LogP contribution in [-0.4, -0.2) is 105 Å². The van der Waals surface area contributed by atoms with Crippen LogP contribution in [0.3, 0.4) is 0 Å². The summed E-state index contributed by atoms with van der Waals surface area (Å²) in [7, 11) is 3.18. The average Bonchev–Trinajstić information content (AvgIpc) is 3.12. The summed E-state index contributed by atoms with van der Waals surface area (Å²) in [6, 6.07) is -0.0907. The third-order valence-corrected chi connectivity index (χ3v) is 6.75. The minimum Gasteiger partial charge on any atom is -0.463 e. The van der Waals surface area contributed by atoms with E-state index in [1.807, 2.05) is 0 Å². The molecule has 8 atom stereocenters. The Morgan fingerprint density at radius 3 is 2.26 bits per heavy atom. The Balaban J connectivity index is 0.00000760. The maximum absolute atomic E-state index is 11.6. The number of aliphatic hydroxyl groups excluding tert-OH is 1. The van der Waals surface area contributed by atoms with Gasteiger partial charge in [-0.25, -0.2) is 0 Å². The van der Waals surface area contributed by atoms with Gasteiger partial charge < -0.3 is 43.6 Å². The Hall–Kier alpha value is -0.796. The second-order valence-electron chi connectivity index (χ2n) is 9.51. The van der Waals surface area contributed by atoms with E-state index in [4.69, 9.17) is 45.4 Å². The van der Waals surface area contributed by atoms with Gasteiger partial charge in [0, 0.05) is 86.6 Å². The number of hydrogen-bond acceptors (Lipinski definition) is 12. The molecule has 0 aromatic rings. The van der Waals surface area contributed by atoms with Crippen molar-refractivity contribution in [1.29, 1.82) is 0 Å². The maximum Gasteiger partial charge on any atom is 0.303 e. The molecule has 1 saturated carbocycles. The fourth-order valence-electron chi connectivity index (χ4n) is 4.82. The van der Waals surface area contributed by atoms with E-state index in [0.717, 1.165) is 6.42 Å². The van der Waals surface area contributed by atoms with E-state index in [0.29, 0.717) is 37.5 Å². The van der Waals surface area contributed by atoms with Crippen LogP contribution >= 0.6 is 12.2 Å². The molecule has 1 aliphatic carbocycles. The molecule has 221 valence electrons. The topological polar surface area (TPSA) is 148 Å². The van der Waals surface area contributed by atoms with Crippen LogP contribution in [0.2, 0.25) is 0 Å². The fraction of sp³-hybridized carbons (Fsp3) is 0.840. The molecule has 2 fully saturated rings. The summed E-state index contributed by atoms with van der Waals surface area (Å²) in [5, 5.41) is 13.8. The van der Waals surface area contributed by atoms with Gasteiger partial charge in [-0.05, 0) is 25.7 Å². The molecule has 8 unspecified atom stereocenters. The fourth-order valence-corrected chi connectivity index (χ4v) is 5.11. The molecule has 1 saturated heterocycles. The summed E-state index contributed by atoms with van der Waals surface area (Å²) in [5.74, 6) is -1.66. The number of ether oxygens (including phenoxy) is 7. The first kappa shape index (κ1) is 36.2. The molecular formula is C25H41NO11SY. The van der Waals surface area contributed by atoms with Gasteiger partial charge in [0.2, 0.25) is 0 Å². The number of aliphatic hydroxyl groups is 1. The van der Waals surface area contributed by atoms with Crippen molar-refractivity contribution in [2.45, 2.75) is 95.7 Å². The van der Waals surface area contributed by atoms with Crippen molar-refractivity contribution < 1.29 is 85.4 Å². The van der Waals surface area contributed by atoms with Crippen LogP contribution < -0.4 is 5.32 Å². The molecule has 12 nitrogen and oxygen atoms in total. The van der Waals surface area contributed by atoms with Gasteiger partial charge in [-0.1, -0.05) is 12.2 Å². The van der Waals surface area contributed by atoms with Crippen LogP contribution in [0, 0.1) is 5.92 Å². The number of hydrogen-bond donors (Lipinski definition) is 2. The van der Waals surface area contributed by atoms with Crippen LogP contribution in [0.25, 0.3) is 0 Å². The summed E-state index contributed by atoms with van der Waals surface area (Å²) >= 11 is 5.50. The zero-order chi connectivity index (χ0) is 28.2. The predicted molar refractivity (Wildman–Crippen MR) is 137 cm³/mol. The van der Waals surface area contributed by atoms with Crippen molar-refractivity contribution >= 4 is 35.1 Å². The Bertz CT molecular complexity index is 804. The maximum atomic E-state index is 11.6. The first-order valence-corrected chi connectivity index (χ1v) is 13.2. The van der Waals surface area contributed by atoms with Gasteiger partial charge >= 0.3 is 17.9 Å². The normalized spacial score (nSPS) is 30.1. The number of carbonyl (C=O) groups excluding carboxylic acids is 3. The summed E-state index contributed by atoms with van der Waals surface area (Å²) < 4.78 is 38.2. The SMILES string of the molecule is COCC1CC(NC(=S)CCCCOC2CC(OC(C)=O)C(OC(C)=O)C(COC(C)=O)O2)C(OC)C1O.[Y]. The molecule has 0 bridgehead atoms. The first-order valence-electron chi connectivity index (χ1n) is 12.8. The second-order valence-corrected chi connectivity index (χ2v) is 10.0. The largest absolute Gasteiger partial charge is 0.463 e. The Labute approximate surface area is 260 Å². The number of methoxy groups -OCH3 is 2. The zero-order valence-electron chi connectivity index (χ0n) is 23.3. The number of nitrogens with one attached hydrogen (secondary N) is 1. The summed E-state index contributed by atoms with van der Waals surface area (Å²) in [6.45, 7) is 4.35. The molecule has 39 heavy (non-hydrogen) atoms. The monoisotopic (exact) mass is 652 g/mol. The number of carbonyl (C=O) groups is 3. The molecular weight excluding hydrogens is 611 g/mol. The Morgan fingerprint density at radius 2 is 1.67 bits per heavy atom. The van der Waals surface area contributed by atoms with Crippen molar-refractivity contribution in [2.75, 3.05) is 34.0 Å². The van der Waals surface area contributed by atoms with Crippen molar-refractivity contribution in [3.05, 3.63) is 0 Å². The quantitative estimate of drug-likeness (QED) is 0.119. The van der Waals surface area contributed by atoms with E-state index in [1.54, 1.807) is 14.2 Å². The second kappa shape index (κ2) is 18.6. The van der Waals surface area contributed by atoms with Gasteiger partial charge in [0.15, 0.2) is 12.4 Å². The van der Waals surface area contributed by atoms with Gasteiger partial charge in [-0.15, -0.1) is 0 Å². The van der Waals surface area contributed by atoms with Crippen molar-refractivity contribution in [3.63, 3.8) is 0 Å². The molecule has 0 aromatic heterocycles. The molecule has 2 aliphatic rings. The predicted octanol–water partition coefficient (Wildman–Crippen LogP) is 1.04. The molecule has 1 aliphatic heterocycles. The smallest absolute Gasteiger partial charge is 0.303 e. The third-order valence-electron chi connectivity index (χ3n) is 6.43. The summed E-state index contributed by atoms with van der Waals surface area (Å²) in [5.41, 5.74) is 0. The number of esters is 3. The van der Waals surface area contributed by atoms with Crippen molar-refractivity contribution in [2.24, 2.45) is 5.92 Å². The number of thiocarbonyl (C=S) groups is 1. The van der Waals surface area contributed by atoms with Crippen LogP contribution in [0.4, 0.5) is 0 Å². The average molecular weight is 653 g/mol.